The molecule has 0 bridgehead atoms. The maximum absolute atomic E-state index is 5.25. The quantitative estimate of drug-likeness (QED) is 0.506. The predicted octanol–water partition coefficient (Wildman–Crippen LogP) is 2.77. The highest BCUT2D eigenvalue weighted by molar-refractivity contribution is 8.83. The molecule has 1 heterocycles. The standard InChI is InChI=1S/C7H13NS3/c1-2-10-11-7(9)8-5-3-4-6-8/h2-6H2,1H3. The second-order valence-electron chi connectivity index (χ2n) is 2.45. The molecule has 0 N–H and O–H groups in total. The van der Waals surface area contributed by atoms with Crippen molar-refractivity contribution in [2.45, 2.75) is 19.8 Å². The summed E-state index contributed by atoms with van der Waals surface area (Å²) in [4.78, 5) is 2.31. The molecule has 0 atom stereocenters. The van der Waals surface area contributed by atoms with Crippen LogP contribution in [0.25, 0.3) is 0 Å². The van der Waals surface area contributed by atoms with E-state index in [1.165, 1.54) is 25.9 Å². The van der Waals surface area contributed by atoms with E-state index >= 15 is 0 Å². The molecule has 0 aromatic rings. The van der Waals surface area contributed by atoms with Gasteiger partial charge in [0.2, 0.25) is 0 Å². The van der Waals surface area contributed by atoms with Gasteiger partial charge in [0.1, 0.15) is 4.32 Å². The van der Waals surface area contributed by atoms with Gasteiger partial charge in [-0.15, -0.1) is 0 Å². The summed E-state index contributed by atoms with van der Waals surface area (Å²) in [5.41, 5.74) is 0. The lowest BCUT2D eigenvalue weighted by Crippen LogP contribution is -2.22. The molecule has 11 heavy (non-hydrogen) atoms. The van der Waals surface area contributed by atoms with E-state index in [9.17, 15) is 0 Å². The number of thiocarbonyl (C=S) groups is 1. The Morgan fingerprint density at radius 1 is 1.45 bits per heavy atom. The highest BCUT2D eigenvalue weighted by Gasteiger charge is 2.14. The van der Waals surface area contributed by atoms with Crippen LogP contribution in [0.15, 0.2) is 0 Å². The van der Waals surface area contributed by atoms with Crippen LogP contribution in [0.1, 0.15) is 19.8 Å². The monoisotopic (exact) mass is 207 g/mol. The Morgan fingerprint density at radius 2 is 2.09 bits per heavy atom. The van der Waals surface area contributed by atoms with Crippen molar-refractivity contribution in [2.24, 2.45) is 0 Å². The van der Waals surface area contributed by atoms with E-state index in [-0.39, 0.29) is 0 Å². The third-order valence-corrected chi connectivity index (χ3v) is 4.73. The molecule has 64 valence electrons. The third kappa shape index (κ3) is 3.22. The zero-order chi connectivity index (χ0) is 8.10. The first-order valence-corrected chi connectivity index (χ1v) is 6.65. The van der Waals surface area contributed by atoms with Gasteiger partial charge < -0.3 is 4.90 Å². The zero-order valence-electron chi connectivity index (χ0n) is 6.71. The number of nitrogens with zero attached hydrogens (tertiary/aromatic N) is 1. The summed E-state index contributed by atoms with van der Waals surface area (Å²) in [6, 6.07) is 0. The van der Waals surface area contributed by atoms with Crippen LogP contribution in [0.4, 0.5) is 0 Å². The van der Waals surface area contributed by atoms with Crippen molar-refractivity contribution >= 4 is 38.1 Å². The fraction of sp³-hybridized carbons (Fsp3) is 0.857. The topological polar surface area (TPSA) is 3.24 Å². The molecule has 1 saturated heterocycles. The van der Waals surface area contributed by atoms with Crippen molar-refractivity contribution < 1.29 is 0 Å². The molecule has 0 spiro atoms. The smallest absolute Gasteiger partial charge is 0.147 e. The second-order valence-corrected chi connectivity index (χ2v) is 5.67. The Kier molecular flexibility index (Phi) is 4.64. The molecule has 0 radical (unpaired) electrons. The lowest BCUT2D eigenvalue weighted by molar-refractivity contribution is 0.539. The van der Waals surface area contributed by atoms with Crippen molar-refractivity contribution in [2.75, 3.05) is 18.8 Å². The Labute approximate surface area is 81.7 Å². The van der Waals surface area contributed by atoms with Crippen LogP contribution >= 0.6 is 33.8 Å². The van der Waals surface area contributed by atoms with E-state index < -0.39 is 0 Å². The molecular formula is C7H13NS3. The normalized spacial score (nSPS) is 17.4. The molecule has 1 nitrogen and oxygen atoms in total. The Hall–Kier alpha value is 0.590. The Balaban J connectivity index is 2.17. The van der Waals surface area contributed by atoms with E-state index in [0.717, 1.165) is 10.1 Å². The van der Waals surface area contributed by atoms with Gasteiger partial charge in [0, 0.05) is 18.8 Å². The van der Waals surface area contributed by atoms with E-state index in [1.54, 1.807) is 10.8 Å². The van der Waals surface area contributed by atoms with Gasteiger partial charge in [0.15, 0.2) is 0 Å². The summed E-state index contributed by atoms with van der Waals surface area (Å²) in [7, 11) is 3.58. The van der Waals surface area contributed by atoms with Crippen LogP contribution in [0.5, 0.6) is 0 Å². The van der Waals surface area contributed by atoms with Crippen molar-refractivity contribution in [1.29, 1.82) is 0 Å². The number of likely N-dealkylation sites (tertiary alicyclic amines) is 1. The van der Waals surface area contributed by atoms with Crippen LogP contribution in [0, 0.1) is 0 Å². The maximum Gasteiger partial charge on any atom is 0.147 e. The molecule has 0 aromatic heterocycles. The van der Waals surface area contributed by atoms with Gasteiger partial charge in [0.25, 0.3) is 0 Å². The van der Waals surface area contributed by atoms with Crippen LogP contribution in [0.2, 0.25) is 0 Å². The number of rotatable bonds is 2. The molecule has 0 aliphatic carbocycles. The minimum Gasteiger partial charge on any atom is -0.357 e. The lowest BCUT2D eigenvalue weighted by Gasteiger charge is -2.16. The zero-order valence-corrected chi connectivity index (χ0v) is 9.16. The largest absolute Gasteiger partial charge is 0.357 e. The van der Waals surface area contributed by atoms with Crippen molar-refractivity contribution in [3.8, 4) is 0 Å². The first kappa shape index (κ1) is 9.68. The number of hydrogen-bond acceptors (Lipinski definition) is 3. The van der Waals surface area contributed by atoms with Gasteiger partial charge in [-0.05, 0) is 23.6 Å². The predicted molar refractivity (Wildman–Crippen MR) is 59.1 cm³/mol. The third-order valence-electron chi connectivity index (χ3n) is 1.61. The Bertz CT molecular complexity index is 132. The second kappa shape index (κ2) is 5.27. The summed E-state index contributed by atoms with van der Waals surface area (Å²) in [5, 5.41) is 0. The molecule has 4 heteroatoms. The first-order valence-electron chi connectivity index (χ1n) is 3.93. The van der Waals surface area contributed by atoms with Crippen LogP contribution in [-0.2, 0) is 0 Å². The highest BCUT2D eigenvalue weighted by Crippen LogP contribution is 2.26. The maximum atomic E-state index is 5.25. The van der Waals surface area contributed by atoms with Crippen molar-refractivity contribution in [1.82, 2.24) is 4.90 Å². The van der Waals surface area contributed by atoms with Gasteiger partial charge in [-0.3, -0.25) is 0 Å². The molecule has 0 saturated carbocycles. The first-order chi connectivity index (χ1) is 5.34. The fourth-order valence-electron chi connectivity index (χ4n) is 1.06. The van der Waals surface area contributed by atoms with Crippen LogP contribution in [0.3, 0.4) is 0 Å². The van der Waals surface area contributed by atoms with Gasteiger partial charge in [-0.25, -0.2) is 0 Å². The van der Waals surface area contributed by atoms with Gasteiger partial charge in [-0.2, -0.15) is 0 Å². The van der Waals surface area contributed by atoms with E-state index in [0.29, 0.717) is 0 Å². The summed E-state index contributed by atoms with van der Waals surface area (Å²) in [5.74, 6) is 1.14. The van der Waals surface area contributed by atoms with Gasteiger partial charge in [-0.1, -0.05) is 29.9 Å². The van der Waals surface area contributed by atoms with Crippen LogP contribution < -0.4 is 0 Å². The summed E-state index contributed by atoms with van der Waals surface area (Å²) in [6.07, 6.45) is 2.63. The molecule has 1 aliphatic heterocycles. The van der Waals surface area contributed by atoms with E-state index in [2.05, 4.69) is 11.8 Å². The molecule has 1 fully saturated rings. The molecule has 0 unspecified atom stereocenters. The molecule has 1 rings (SSSR count). The molecule has 0 aromatic carbocycles. The minimum absolute atomic E-state index is 1.08. The summed E-state index contributed by atoms with van der Waals surface area (Å²) >= 11 is 5.25. The lowest BCUT2D eigenvalue weighted by atomic mass is 10.4. The van der Waals surface area contributed by atoms with Crippen LogP contribution in [-0.4, -0.2) is 28.1 Å². The summed E-state index contributed by atoms with van der Waals surface area (Å²) in [6.45, 7) is 4.51. The SMILES string of the molecule is CCSSC(=S)N1CCCC1. The average Bonchev–Trinajstić information content (AvgIpc) is 2.52. The average molecular weight is 207 g/mol. The minimum atomic E-state index is 1.08. The number of hydrogen-bond donors (Lipinski definition) is 0. The molecule has 1 aliphatic rings. The fourth-order valence-corrected chi connectivity index (χ4v) is 3.16. The van der Waals surface area contributed by atoms with Crippen molar-refractivity contribution in [3.63, 3.8) is 0 Å². The molecular weight excluding hydrogens is 194 g/mol. The van der Waals surface area contributed by atoms with E-state index in [4.69, 9.17) is 12.2 Å². The molecule has 0 amide bonds. The van der Waals surface area contributed by atoms with E-state index in [1.807, 2.05) is 10.8 Å². The van der Waals surface area contributed by atoms with Crippen molar-refractivity contribution in [3.05, 3.63) is 0 Å². The van der Waals surface area contributed by atoms with Gasteiger partial charge in [0.05, 0.1) is 0 Å². The Morgan fingerprint density at radius 3 is 2.64 bits per heavy atom. The van der Waals surface area contributed by atoms with Gasteiger partial charge >= 0.3 is 0 Å². The summed E-state index contributed by atoms with van der Waals surface area (Å²) < 4.78 is 1.08. The highest BCUT2D eigenvalue weighted by atomic mass is 33.1.